The average Bonchev–Trinajstić information content (AvgIpc) is 3.52. The number of fused-ring (bicyclic) bond motifs is 1. The van der Waals surface area contributed by atoms with Crippen molar-refractivity contribution in [2.24, 2.45) is 0 Å². The number of unbranched alkanes of at least 4 members (excludes halogenated alkanes) is 1. The summed E-state index contributed by atoms with van der Waals surface area (Å²) in [4.78, 5) is 44.2. The Morgan fingerprint density at radius 2 is 1.85 bits per heavy atom. The Morgan fingerprint density at radius 3 is 2.51 bits per heavy atom. The van der Waals surface area contributed by atoms with Crippen molar-refractivity contribution in [2.45, 2.75) is 65.8 Å². The van der Waals surface area contributed by atoms with Gasteiger partial charge in [-0.2, -0.15) is 18.3 Å². The summed E-state index contributed by atoms with van der Waals surface area (Å²) in [6.07, 6.45) is -0.482. The predicted molar refractivity (Wildman–Crippen MR) is 138 cm³/mol. The van der Waals surface area contributed by atoms with Crippen molar-refractivity contribution in [1.82, 2.24) is 28.5 Å². The predicted octanol–water partition coefficient (Wildman–Crippen LogP) is 4.51. The summed E-state index contributed by atoms with van der Waals surface area (Å²) in [5.74, 6) is 0.0368. The number of rotatable bonds is 9. The normalized spacial score (nSPS) is 11.8. The molecule has 13 heteroatoms. The highest BCUT2D eigenvalue weighted by atomic mass is 19.4. The first-order valence-corrected chi connectivity index (χ1v) is 12.7. The van der Waals surface area contributed by atoms with Crippen molar-refractivity contribution < 1.29 is 22.7 Å². The third-order valence-electron chi connectivity index (χ3n) is 6.18. The maximum Gasteiger partial charge on any atom is 0.420 e. The van der Waals surface area contributed by atoms with Crippen LogP contribution < -0.4 is 11.2 Å². The fourth-order valence-electron chi connectivity index (χ4n) is 4.28. The highest BCUT2D eigenvalue weighted by Gasteiger charge is 2.30. The van der Waals surface area contributed by atoms with Crippen molar-refractivity contribution in [1.29, 1.82) is 0 Å². The molecule has 3 heterocycles. The molecule has 0 radical (unpaired) electrons. The molecule has 0 aliphatic heterocycles. The highest BCUT2D eigenvalue weighted by Crippen LogP contribution is 2.30. The number of aromatic nitrogens is 6. The minimum absolute atomic E-state index is 0.0219. The molecule has 39 heavy (non-hydrogen) atoms. The first-order chi connectivity index (χ1) is 18.6. The molecule has 0 N–H and O–H groups in total. The van der Waals surface area contributed by atoms with E-state index < -0.39 is 29.1 Å². The molecule has 0 aliphatic carbocycles. The van der Waals surface area contributed by atoms with E-state index in [4.69, 9.17) is 4.74 Å². The molecule has 3 aromatic heterocycles. The quantitative estimate of drug-likeness (QED) is 0.286. The molecule has 0 spiro atoms. The maximum absolute atomic E-state index is 13.4. The molecular formula is C26H29F3N6O4. The summed E-state index contributed by atoms with van der Waals surface area (Å²) in [7, 11) is 0. The average molecular weight is 547 g/mol. The summed E-state index contributed by atoms with van der Waals surface area (Å²) >= 11 is 0. The van der Waals surface area contributed by atoms with Gasteiger partial charge in [0, 0.05) is 19.3 Å². The second-order valence-electron chi connectivity index (χ2n) is 9.02. The van der Waals surface area contributed by atoms with Gasteiger partial charge >= 0.3 is 18.0 Å². The van der Waals surface area contributed by atoms with E-state index in [-0.39, 0.29) is 43.2 Å². The van der Waals surface area contributed by atoms with Gasteiger partial charge in [0.15, 0.2) is 17.0 Å². The van der Waals surface area contributed by atoms with Gasteiger partial charge in [0.05, 0.1) is 30.5 Å². The standard InChI is InChI=1S/C26H29F3N6O4/c1-4-7-12-39-25(38)35-20-22(33(6-3)24(37)34(11-5-2)23(20)36)31-21(35)18-14-30-32(16-18)15-17-9-8-10-19(13-17)26(27,28)29/h8-10,13-14,16H,4-7,11-12,15H2,1-3H3. The molecule has 0 amide bonds. The van der Waals surface area contributed by atoms with Crippen molar-refractivity contribution in [3.63, 3.8) is 0 Å². The fraction of sp³-hybridized carbons (Fsp3) is 0.423. The van der Waals surface area contributed by atoms with Crippen LogP contribution in [0.15, 0.2) is 46.2 Å². The zero-order valence-electron chi connectivity index (χ0n) is 21.9. The summed E-state index contributed by atoms with van der Waals surface area (Å²) in [5, 5.41) is 4.23. The van der Waals surface area contributed by atoms with E-state index in [1.807, 2.05) is 13.8 Å². The molecule has 4 aromatic rings. The van der Waals surface area contributed by atoms with Crippen LogP contribution in [0.25, 0.3) is 22.6 Å². The third kappa shape index (κ3) is 5.52. The van der Waals surface area contributed by atoms with Crippen molar-refractivity contribution in [3.8, 4) is 11.4 Å². The summed E-state index contributed by atoms with van der Waals surface area (Å²) in [6.45, 7) is 6.01. The van der Waals surface area contributed by atoms with E-state index in [0.29, 0.717) is 24.0 Å². The molecule has 0 saturated carbocycles. The van der Waals surface area contributed by atoms with E-state index in [2.05, 4.69) is 10.1 Å². The Morgan fingerprint density at radius 1 is 1.08 bits per heavy atom. The van der Waals surface area contributed by atoms with Gasteiger partial charge in [-0.05, 0) is 37.5 Å². The number of imidazole rings is 1. The van der Waals surface area contributed by atoms with Gasteiger partial charge in [-0.3, -0.25) is 18.6 Å². The van der Waals surface area contributed by atoms with Gasteiger partial charge in [0.25, 0.3) is 5.56 Å². The van der Waals surface area contributed by atoms with Gasteiger partial charge in [0.2, 0.25) is 0 Å². The molecule has 1 aromatic carbocycles. The number of carbonyl (C=O) groups excluding carboxylic acids is 1. The summed E-state index contributed by atoms with van der Waals surface area (Å²) < 4.78 is 49.7. The van der Waals surface area contributed by atoms with E-state index in [1.165, 1.54) is 27.7 Å². The maximum atomic E-state index is 13.4. The lowest BCUT2D eigenvalue weighted by Crippen LogP contribution is -2.40. The molecule has 10 nitrogen and oxygen atoms in total. The van der Waals surface area contributed by atoms with Crippen LogP contribution in [0.3, 0.4) is 0 Å². The van der Waals surface area contributed by atoms with E-state index in [0.717, 1.165) is 27.7 Å². The van der Waals surface area contributed by atoms with Crippen LogP contribution in [0.2, 0.25) is 0 Å². The molecular weight excluding hydrogens is 517 g/mol. The van der Waals surface area contributed by atoms with Crippen LogP contribution in [0.1, 0.15) is 51.2 Å². The minimum Gasteiger partial charge on any atom is -0.449 e. The molecule has 0 atom stereocenters. The number of benzene rings is 1. The Balaban J connectivity index is 1.85. The Bertz CT molecular complexity index is 1610. The van der Waals surface area contributed by atoms with Crippen LogP contribution in [0.4, 0.5) is 18.0 Å². The van der Waals surface area contributed by atoms with Crippen LogP contribution in [0.5, 0.6) is 0 Å². The highest BCUT2D eigenvalue weighted by molar-refractivity contribution is 5.90. The van der Waals surface area contributed by atoms with Gasteiger partial charge in [-0.25, -0.2) is 19.1 Å². The lowest BCUT2D eigenvalue weighted by molar-refractivity contribution is -0.137. The van der Waals surface area contributed by atoms with Gasteiger partial charge in [-0.15, -0.1) is 0 Å². The smallest absolute Gasteiger partial charge is 0.420 e. The van der Waals surface area contributed by atoms with E-state index >= 15 is 0 Å². The zero-order chi connectivity index (χ0) is 28.3. The number of halogens is 3. The van der Waals surface area contributed by atoms with Crippen LogP contribution in [-0.4, -0.2) is 41.2 Å². The van der Waals surface area contributed by atoms with Gasteiger partial charge in [-0.1, -0.05) is 32.4 Å². The van der Waals surface area contributed by atoms with Crippen molar-refractivity contribution >= 4 is 17.3 Å². The van der Waals surface area contributed by atoms with Gasteiger partial charge < -0.3 is 4.74 Å². The number of alkyl halides is 3. The summed E-state index contributed by atoms with van der Waals surface area (Å²) in [5.41, 5.74) is -1.34. The van der Waals surface area contributed by atoms with Crippen LogP contribution in [0, 0.1) is 0 Å². The summed E-state index contributed by atoms with van der Waals surface area (Å²) in [6, 6.07) is 4.90. The van der Waals surface area contributed by atoms with Crippen molar-refractivity contribution in [3.05, 3.63) is 68.6 Å². The fourth-order valence-corrected chi connectivity index (χ4v) is 4.28. The topological polar surface area (TPSA) is 106 Å². The number of carbonyl (C=O) groups is 1. The Labute approximate surface area is 221 Å². The Kier molecular flexibility index (Phi) is 8.07. The van der Waals surface area contributed by atoms with Crippen molar-refractivity contribution in [2.75, 3.05) is 6.61 Å². The molecule has 0 aliphatic rings. The molecule has 208 valence electrons. The number of ether oxygens (including phenoxy) is 1. The lowest BCUT2D eigenvalue weighted by atomic mass is 10.1. The largest absolute Gasteiger partial charge is 0.449 e. The first-order valence-electron chi connectivity index (χ1n) is 12.7. The second kappa shape index (κ2) is 11.3. The third-order valence-corrected chi connectivity index (χ3v) is 6.18. The molecule has 0 bridgehead atoms. The number of aryl methyl sites for hydroxylation is 1. The zero-order valence-corrected chi connectivity index (χ0v) is 21.9. The molecule has 4 rings (SSSR count). The minimum atomic E-state index is -4.48. The lowest BCUT2D eigenvalue weighted by Gasteiger charge is -2.11. The SMILES string of the molecule is CCCCOC(=O)n1c(-c2cnn(Cc3cccc(C(F)(F)F)c3)c2)nc2c1c(=O)n(CCC)c(=O)n2CC. The van der Waals surface area contributed by atoms with Crippen LogP contribution >= 0.6 is 0 Å². The van der Waals surface area contributed by atoms with Crippen LogP contribution in [-0.2, 0) is 30.5 Å². The second-order valence-corrected chi connectivity index (χ2v) is 9.02. The number of hydrogen-bond donors (Lipinski definition) is 0. The molecule has 0 unspecified atom stereocenters. The number of nitrogens with zero attached hydrogens (tertiary/aromatic N) is 6. The molecule has 0 saturated heterocycles. The van der Waals surface area contributed by atoms with E-state index in [1.54, 1.807) is 13.0 Å². The van der Waals surface area contributed by atoms with E-state index in [9.17, 15) is 27.6 Å². The monoisotopic (exact) mass is 546 g/mol. The number of hydrogen-bond acceptors (Lipinski definition) is 6. The molecule has 0 fully saturated rings. The Hall–Kier alpha value is -4.16. The van der Waals surface area contributed by atoms with Gasteiger partial charge in [0.1, 0.15) is 0 Å². The first kappa shape index (κ1) is 27.9.